The van der Waals surface area contributed by atoms with E-state index in [0.717, 1.165) is 78.5 Å². The third kappa shape index (κ3) is 4.32. The predicted molar refractivity (Wildman–Crippen MR) is 190 cm³/mol. The van der Waals surface area contributed by atoms with Crippen LogP contribution in [0.5, 0.6) is 17.2 Å². The van der Waals surface area contributed by atoms with E-state index in [4.69, 9.17) is 23.7 Å². The second-order valence-corrected chi connectivity index (χ2v) is 13.2. The van der Waals surface area contributed by atoms with Gasteiger partial charge in [-0.25, -0.2) is 0 Å². The molecule has 6 heteroatoms. The lowest BCUT2D eigenvalue weighted by Gasteiger charge is -2.41. The molecule has 1 unspecified atom stereocenters. The van der Waals surface area contributed by atoms with Crippen LogP contribution in [-0.4, -0.2) is 53.7 Å². The van der Waals surface area contributed by atoms with Crippen LogP contribution in [0.4, 0.5) is 5.69 Å². The van der Waals surface area contributed by atoms with E-state index in [0.29, 0.717) is 13.2 Å². The Morgan fingerprint density at radius 2 is 1.38 bits per heavy atom. The smallest absolute Gasteiger partial charge is 0.178 e. The van der Waals surface area contributed by atoms with E-state index in [1.54, 1.807) is 14.2 Å². The number of fused-ring (bicyclic) bond motifs is 10. The summed E-state index contributed by atoms with van der Waals surface area (Å²) in [5.74, 6) is 2.57. The van der Waals surface area contributed by atoms with E-state index < -0.39 is 5.60 Å². The number of ether oxygens (including phenoxy) is 5. The lowest BCUT2D eigenvalue weighted by atomic mass is 9.69. The molecule has 3 aliphatic heterocycles. The average molecular weight is 638 g/mol. The van der Waals surface area contributed by atoms with E-state index in [1.807, 2.05) is 0 Å². The molecule has 5 aromatic carbocycles. The summed E-state index contributed by atoms with van der Waals surface area (Å²) >= 11 is 0. The summed E-state index contributed by atoms with van der Waals surface area (Å²) in [6.45, 7) is 4.71. The van der Waals surface area contributed by atoms with Crippen LogP contribution in [0.1, 0.15) is 40.7 Å². The van der Waals surface area contributed by atoms with Crippen molar-refractivity contribution in [3.8, 4) is 28.4 Å². The van der Waals surface area contributed by atoms with Crippen molar-refractivity contribution < 1.29 is 23.7 Å². The third-order valence-electron chi connectivity index (χ3n) is 11.0. The summed E-state index contributed by atoms with van der Waals surface area (Å²) in [6.07, 6.45) is 6.40. The molecular weight excluding hydrogens is 598 g/mol. The van der Waals surface area contributed by atoms with Gasteiger partial charge in [0.05, 0.1) is 27.4 Å². The van der Waals surface area contributed by atoms with Gasteiger partial charge in [-0.05, 0) is 89.0 Å². The van der Waals surface area contributed by atoms with Gasteiger partial charge >= 0.3 is 0 Å². The highest BCUT2D eigenvalue weighted by atomic mass is 16.5. The highest BCUT2D eigenvalue weighted by molar-refractivity contribution is 6.09. The van der Waals surface area contributed by atoms with Crippen molar-refractivity contribution in [2.75, 3.05) is 58.6 Å². The van der Waals surface area contributed by atoms with Crippen LogP contribution >= 0.6 is 0 Å². The summed E-state index contributed by atoms with van der Waals surface area (Å²) in [5.41, 5.74) is 8.65. The van der Waals surface area contributed by atoms with Gasteiger partial charge < -0.3 is 28.6 Å². The molecular formula is C42H39NO5. The van der Waals surface area contributed by atoms with E-state index in [1.165, 1.54) is 33.3 Å². The first kappa shape index (κ1) is 29.4. The summed E-state index contributed by atoms with van der Waals surface area (Å²) < 4.78 is 30.8. The van der Waals surface area contributed by atoms with Crippen molar-refractivity contribution in [2.45, 2.75) is 23.9 Å². The Labute approximate surface area is 281 Å². The molecule has 0 radical (unpaired) electrons. The molecule has 4 aliphatic rings. The van der Waals surface area contributed by atoms with Gasteiger partial charge in [0.25, 0.3) is 0 Å². The second kappa shape index (κ2) is 11.4. The zero-order valence-corrected chi connectivity index (χ0v) is 27.5. The second-order valence-electron chi connectivity index (χ2n) is 13.2. The zero-order valence-electron chi connectivity index (χ0n) is 27.5. The lowest BCUT2D eigenvalue weighted by Crippen LogP contribution is -2.37. The maximum absolute atomic E-state index is 7.56. The zero-order chi connectivity index (χ0) is 32.3. The minimum Gasteiger partial charge on any atom is -0.497 e. The van der Waals surface area contributed by atoms with Crippen LogP contribution in [0.2, 0.25) is 0 Å². The number of morpholine rings is 1. The van der Waals surface area contributed by atoms with Gasteiger partial charge in [0, 0.05) is 59.5 Å². The molecule has 0 saturated carbocycles. The van der Waals surface area contributed by atoms with Crippen molar-refractivity contribution in [1.29, 1.82) is 0 Å². The van der Waals surface area contributed by atoms with Crippen LogP contribution in [0, 0.1) is 0 Å². The molecule has 1 aliphatic carbocycles. The number of anilines is 1. The highest BCUT2D eigenvalue weighted by Crippen LogP contribution is 2.61. The van der Waals surface area contributed by atoms with Crippen LogP contribution in [0.15, 0.2) is 97.1 Å². The number of rotatable bonds is 5. The quantitative estimate of drug-likeness (QED) is 0.194. The molecule has 5 aromatic rings. The Kier molecular flexibility index (Phi) is 6.99. The van der Waals surface area contributed by atoms with Crippen LogP contribution in [0.25, 0.3) is 28.0 Å². The normalized spacial score (nSPS) is 20.6. The molecule has 1 atom stereocenters. The standard InChI is InChI=1S/C42H39NO5/c1-44-31-12-14-33-36(26-31)40-35(39-38(33)34-15-13-32(45-2)27-37(34)41(39)18-22-46-23-19-41)16-17-42(48-40,28-6-4-3-5-7-28)29-8-10-30(11-9-29)43-20-24-47-25-21-43/h3-17,26-27H,18-25H2,1-2H3. The van der Waals surface area contributed by atoms with Crippen LogP contribution in [0.3, 0.4) is 0 Å². The summed E-state index contributed by atoms with van der Waals surface area (Å²) in [6, 6.07) is 32.5. The molecule has 9 rings (SSSR count). The Morgan fingerprint density at radius 1 is 0.688 bits per heavy atom. The largest absolute Gasteiger partial charge is 0.497 e. The predicted octanol–water partition coefficient (Wildman–Crippen LogP) is 8.12. The Balaban J connectivity index is 1.29. The van der Waals surface area contributed by atoms with Gasteiger partial charge in [-0.3, -0.25) is 0 Å². The summed E-state index contributed by atoms with van der Waals surface area (Å²) in [5, 5.41) is 2.21. The van der Waals surface area contributed by atoms with Crippen LogP contribution in [-0.2, 0) is 20.5 Å². The van der Waals surface area contributed by atoms with E-state index in [9.17, 15) is 0 Å². The number of nitrogens with zero attached hydrogens (tertiary/aromatic N) is 1. The molecule has 242 valence electrons. The summed E-state index contributed by atoms with van der Waals surface area (Å²) in [7, 11) is 3.47. The number of hydrogen-bond acceptors (Lipinski definition) is 6. The van der Waals surface area contributed by atoms with Crippen molar-refractivity contribution in [3.63, 3.8) is 0 Å². The molecule has 0 bridgehead atoms. The fourth-order valence-electron chi connectivity index (χ4n) is 8.57. The Bertz CT molecular complexity index is 2040. The van der Waals surface area contributed by atoms with Gasteiger partial charge in [-0.1, -0.05) is 54.6 Å². The average Bonchev–Trinajstić information content (AvgIpc) is 3.44. The molecule has 6 nitrogen and oxygen atoms in total. The van der Waals surface area contributed by atoms with Gasteiger partial charge in [-0.2, -0.15) is 0 Å². The van der Waals surface area contributed by atoms with Gasteiger partial charge in [0.2, 0.25) is 0 Å². The SMILES string of the molecule is COc1ccc2c(c1)C1(CCOCC1)c1c3c(c4cc(OC)ccc4c1-2)OC(c1ccccc1)(c1ccc(N2CCOCC2)cc1)C=C3. The number of benzene rings is 5. The first-order chi connectivity index (χ1) is 23.6. The molecule has 0 aromatic heterocycles. The lowest BCUT2D eigenvalue weighted by molar-refractivity contribution is 0.0640. The third-order valence-corrected chi connectivity index (χ3v) is 11.0. The van der Waals surface area contributed by atoms with E-state index in [2.05, 4.69) is 108 Å². The first-order valence-corrected chi connectivity index (χ1v) is 17.0. The molecule has 1 spiro atoms. The topological polar surface area (TPSA) is 49.4 Å². The first-order valence-electron chi connectivity index (χ1n) is 17.0. The Hall–Kier alpha value is -4.78. The van der Waals surface area contributed by atoms with Crippen molar-refractivity contribution in [3.05, 3.63) is 125 Å². The van der Waals surface area contributed by atoms with Gasteiger partial charge in [0.15, 0.2) is 5.60 Å². The Morgan fingerprint density at radius 3 is 2.12 bits per heavy atom. The molecule has 2 saturated heterocycles. The minimum atomic E-state index is -0.834. The number of hydrogen-bond donors (Lipinski definition) is 0. The van der Waals surface area contributed by atoms with Crippen molar-refractivity contribution in [2.24, 2.45) is 0 Å². The molecule has 0 N–H and O–H groups in total. The van der Waals surface area contributed by atoms with Gasteiger partial charge in [0.1, 0.15) is 17.2 Å². The molecule has 3 heterocycles. The van der Waals surface area contributed by atoms with E-state index >= 15 is 0 Å². The monoisotopic (exact) mass is 637 g/mol. The highest BCUT2D eigenvalue weighted by Gasteiger charge is 2.49. The van der Waals surface area contributed by atoms with Crippen molar-refractivity contribution >= 4 is 22.5 Å². The fourth-order valence-corrected chi connectivity index (χ4v) is 8.57. The maximum Gasteiger partial charge on any atom is 0.178 e. The molecule has 2 fully saturated rings. The molecule has 48 heavy (non-hydrogen) atoms. The number of methoxy groups -OCH3 is 2. The minimum absolute atomic E-state index is 0.212. The van der Waals surface area contributed by atoms with E-state index in [-0.39, 0.29) is 5.41 Å². The maximum atomic E-state index is 7.56. The summed E-state index contributed by atoms with van der Waals surface area (Å²) in [4.78, 5) is 2.39. The fraction of sp³-hybridized carbons (Fsp3) is 0.286. The van der Waals surface area contributed by atoms with Gasteiger partial charge in [-0.15, -0.1) is 0 Å². The molecule has 0 amide bonds. The van der Waals surface area contributed by atoms with Crippen molar-refractivity contribution in [1.82, 2.24) is 0 Å². The van der Waals surface area contributed by atoms with Crippen LogP contribution < -0.4 is 19.1 Å².